The number of ketones is 1. The predicted octanol–water partition coefficient (Wildman–Crippen LogP) is 5.38. The zero-order valence-corrected chi connectivity index (χ0v) is 25.5. The Bertz CT molecular complexity index is 1540. The normalized spacial score (nSPS) is 26.9. The third-order valence-electron chi connectivity index (χ3n) is 10.2. The minimum Gasteiger partial charge on any atom is -0.504 e. The van der Waals surface area contributed by atoms with E-state index in [-0.39, 0.29) is 41.1 Å². The summed E-state index contributed by atoms with van der Waals surface area (Å²) in [5.74, 6) is -0.485. The fraction of sp³-hybridized carbons (Fsp3) is 0.486. The maximum atomic E-state index is 13.9. The van der Waals surface area contributed by atoms with Crippen LogP contribution in [0.4, 0.5) is 13.2 Å². The number of phenols is 1. The predicted molar refractivity (Wildman–Crippen MR) is 163 cm³/mol. The Labute approximate surface area is 261 Å². The number of halogens is 3. The first-order chi connectivity index (χ1) is 21.4. The number of hydrogen-bond acceptors (Lipinski definition) is 6. The molecule has 0 radical (unpaired) electrons. The summed E-state index contributed by atoms with van der Waals surface area (Å²) < 4.78 is 45.8. The van der Waals surface area contributed by atoms with Gasteiger partial charge in [0.15, 0.2) is 17.3 Å². The molecule has 4 aliphatic rings. The number of amides is 1. The van der Waals surface area contributed by atoms with E-state index in [0.717, 1.165) is 49.2 Å². The first kappa shape index (κ1) is 31.4. The van der Waals surface area contributed by atoms with Gasteiger partial charge in [-0.25, -0.2) is 0 Å². The van der Waals surface area contributed by atoms with Gasteiger partial charge in [-0.1, -0.05) is 32.1 Å². The number of ether oxygens (including phenoxy) is 1. The quantitative estimate of drug-likeness (QED) is 0.221. The second-order valence-corrected chi connectivity index (χ2v) is 13.2. The van der Waals surface area contributed by atoms with Gasteiger partial charge in [-0.2, -0.15) is 13.2 Å². The third kappa shape index (κ3) is 5.16. The second kappa shape index (κ2) is 11.6. The lowest BCUT2D eigenvalue weighted by molar-refractivity contribution is -0.138. The summed E-state index contributed by atoms with van der Waals surface area (Å²) in [6.07, 6.45) is 2.88. The number of phenolic OH excluding ortho intramolecular Hbond substituents is 1. The molecule has 6 rings (SSSR count). The lowest BCUT2D eigenvalue weighted by atomic mass is 9.50. The van der Waals surface area contributed by atoms with E-state index in [9.17, 15) is 33.0 Å². The van der Waals surface area contributed by atoms with Crippen LogP contribution in [0.3, 0.4) is 0 Å². The smallest absolute Gasteiger partial charge is 0.416 e. The molecule has 2 aliphatic heterocycles. The van der Waals surface area contributed by atoms with Crippen LogP contribution in [0.5, 0.6) is 11.5 Å². The van der Waals surface area contributed by atoms with Crippen LogP contribution in [-0.2, 0) is 22.8 Å². The van der Waals surface area contributed by atoms with E-state index in [1.807, 2.05) is 24.8 Å². The van der Waals surface area contributed by atoms with Gasteiger partial charge in [0.05, 0.1) is 17.2 Å². The van der Waals surface area contributed by atoms with Gasteiger partial charge in [0.1, 0.15) is 12.7 Å². The number of alkyl halides is 3. The van der Waals surface area contributed by atoms with Crippen LogP contribution in [-0.4, -0.2) is 76.1 Å². The van der Waals surface area contributed by atoms with E-state index in [0.29, 0.717) is 30.7 Å². The van der Waals surface area contributed by atoms with Crippen molar-refractivity contribution in [3.05, 3.63) is 76.9 Å². The zero-order chi connectivity index (χ0) is 32.3. The Balaban J connectivity index is 1.39. The van der Waals surface area contributed by atoms with Crippen molar-refractivity contribution >= 4 is 17.8 Å². The fourth-order valence-corrected chi connectivity index (χ4v) is 8.51. The summed E-state index contributed by atoms with van der Waals surface area (Å²) in [6.45, 7) is 9.23. The van der Waals surface area contributed by atoms with E-state index in [1.54, 1.807) is 6.07 Å². The molecule has 2 N–H and O–H groups in total. The van der Waals surface area contributed by atoms with Crippen molar-refractivity contribution in [2.45, 2.75) is 69.3 Å². The average molecular weight is 625 g/mol. The molecule has 240 valence electrons. The maximum Gasteiger partial charge on any atom is 0.416 e. The number of likely N-dealkylation sites (tertiary alicyclic amines) is 1. The van der Waals surface area contributed by atoms with Crippen molar-refractivity contribution in [2.24, 2.45) is 11.8 Å². The lowest BCUT2D eigenvalue weighted by Crippen LogP contribution is -2.69. The molecule has 2 fully saturated rings. The Morgan fingerprint density at radius 1 is 1.22 bits per heavy atom. The SMILES string of the molecule is C=CCN1CC[C@]23c4c5cc(C(=O)CO)c(O)c4OC2C(N(CC(C)C)C(=O)C=Cc2ccc(C(F)(F)F)cc2)CC[C@H]3[C@H]1C5. The summed E-state index contributed by atoms with van der Waals surface area (Å²) in [5.41, 5.74) is 1.16. The van der Waals surface area contributed by atoms with E-state index < -0.39 is 35.6 Å². The molecule has 7 nitrogen and oxygen atoms in total. The standard InChI is InChI=1S/C35H39F3N2O5/c1-4-14-39-15-13-34-25-10-11-26(33(34)45-32-30(34)22(17-27(25)39)16-24(31(32)44)28(42)19-41)40(18-20(2)3)29(43)12-7-21-5-8-23(9-6-21)35(36,37)38/h4-9,12,16,20,25-27,33,41,44H,1,10-11,13-15,17-19H2,2-3H3/t25-,26?,27+,33?,34-/m0/s1. The largest absolute Gasteiger partial charge is 0.504 e. The van der Waals surface area contributed by atoms with Crippen LogP contribution in [0.25, 0.3) is 6.08 Å². The molecule has 1 amide bonds. The van der Waals surface area contributed by atoms with Crippen LogP contribution in [0, 0.1) is 11.8 Å². The average Bonchev–Trinajstić information content (AvgIpc) is 3.35. The van der Waals surface area contributed by atoms with E-state index in [2.05, 4.69) is 11.5 Å². The van der Waals surface area contributed by atoms with Gasteiger partial charge >= 0.3 is 6.18 Å². The lowest BCUT2D eigenvalue weighted by Gasteiger charge is -2.60. The fourth-order valence-electron chi connectivity index (χ4n) is 8.51. The Hall–Kier alpha value is -3.63. The molecular formula is C35H39F3N2O5. The van der Waals surface area contributed by atoms with Crippen molar-refractivity contribution in [2.75, 3.05) is 26.2 Å². The number of aliphatic hydroxyl groups excluding tert-OH is 1. The van der Waals surface area contributed by atoms with Crippen molar-refractivity contribution in [3.8, 4) is 11.5 Å². The van der Waals surface area contributed by atoms with Crippen molar-refractivity contribution < 1.29 is 37.7 Å². The molecule has 45 heavy (non-hydrogen) atoms. The number of aromatic hydroxyl groups is 1. The highest BCUT2D eigenvalue weighted by Crippen LogP contribution is 2.64. The maximum absolute atomic E-state index is 13.9. The molecule has 1 saturated carbocycles. The first-order valence-corrected chi connectivity index (χ1v) is 15.6. The van der Waals surface area contributed by atoms with Crippen LogP contribution in [0.1, 0.15) is 65.7 Å². The van der Waals surface area contributed by atoms with Gasteiger partial charge in [-0.3, -0.25) is 14.5 Å². The van der Waals surface area contributed by atoms with Crippen molar-refractivity contribution in [1.82, 2.24) is 9.80 Å². The molecule has 0 aromatic heterocycles. The van der Waals surface area contributed by atoms with E-state index >= 15 is 0 Å². The van der Waals surface area contributed by atoms with Gasteiger partial charge in [-0.15, -0.1) is 6.58 Å². The molecule has 2 bridgehead atoms. The Morgan fingerprint density at radius 2 is 1.96 bits per heavy atom. The van der Waals surface area contributed by atoms with Crippen LogP contribution < -0.4 is 4.74 Å². The number of carbonyl (C=O) groups excluding carboxylic acids is 2. The van der Waals surface area contributed by atoms with Gasteiger partial charge in [-0.05, 0) is 79.5 Å². The molecule has 5 atom stereocenters. The molecule has 2 aromatic carbocycles. The second-order valence-electron chi connectivity index (χ2n) is 13.2. The third-order valence-corrected chi connectivity index (χ3v) is 10.2. The first-order valence-electron chi connectivity index (χ1n) is 15.6. The highest BCUT2D eigenvalue weighted by molar-refractivity contribution is 6.01. The highest BCUT2D eigenvalue weighted by atomic mass is 19.4. The number of nitrogens with zero attached hydrogens (tertiary/aromatic N) is 2. The van der Waals surface area contributed by atoms with E-state index in [1.165, 1.54) is 24.3 Å². The van der Waals surface area contributed by atoms with Crippen molar-refractivity contribution in [3.63, 3.8) is 0 Å². The number of hydrogen-bond donors (Lipinski definition) is 2. The zero-order valence-electron chi connectivity index (χ0n) is 25.5. The molecule has 2 unspecified atom stereocenters. The Kier molecular flexibility index (Phi) is 8.10. The minimum atomic E-state index is -4.44. The molecule has 2 heterocycles. The summed E-state index contributed by atoms with van der Waals surface area (Å²) in [7, 11) is 0. The molecule has 2 aromatic rings. The number of piperidine rings is 1. The molecule has 1 spiro atoms. The summed E-state index contributed by atoms with van der Waals surface area (Å²) in [6, 6.07) is 6.22. The highest BCUT2D eigenvalue weighted by Gasteiger charge is 2.66. The number of rotatable bonds is 9. The van der Waals surface area contributed by atoms with Crippen LogP contribution in [0.15, 0.2) is 49.1 Å². The van der Waals surface area contributed by atoms with Gasteiger partial charge in [0, 0.05) is 36.2 Å². The van der Waals surface area contributed by atoms with Gasteiger partial charge < -0.3 is 19.8 Å². The van der Waals surface area contributed by atoms with Crippen molar-refractivity contribution in [1.29, 1.82) is 0 Å². The topological polar surface area (TPSA) is 90.3 Å². The number of carbonyl (C=O) groups is 2. The summed E-state index contributed by atoms with van der Waals surface area (Å²) in [4.78, 5) is 30.8. The number of Topliss-reactive ketones (excluding diaryl/α,β-unsaturated/α-hetero) is 1. The number of benzene rings is 2. The molecule has 10 heteroatoms. The van der Waals surface area contributed by atoms with Crippen LogP contribution >= 0.6 is 0 Å². The molecule has 1 saturated heterocycles. The minimum absolute atomic E-state index is 0.0410. The molecule has 2 aliphatic carbocycles. The van der Waals surface area contributed by atoms with E-state index in [4.69, 9.17) is 4.74 Å². The van der Waals surface area contributed by atoms with Crippen LogP contribution in [0.2, 0.25) is 0 Å². The Morgan fingerprint density at radius 3 is 2.60 bits per heavy atom. The number of aliphatic hydroxyl groups is 1. The summed E-state index contributed by atoms with van der Waals surface area (Å²) in [5, 5.41) is 21.0. The van der Waals surface area contributed by atoms with Gasteiger partial charge in [0.2, 0.25) is 5.91 Å². The monoisotopic (exact) mass is 624 g/mol. The van der Waals surface area contributed by atoms with Gasteiger partial charge in [0.25, 0.3) is 0 Å². The summed E-state index contributed by atoms with van der Waals surface area (Å²) >= 11 is 0. The molecular weight excluding hydrogens is 585 g/mol.